The molecule has 1 N–H and O–H groups in total. The number of carbonyl (C=O) groups excluding carboxylic acids is 1. The van der Waals surface area contributed by atoms with E-state index in [-0.39, 0.29) is 17.6 Å². The molecular weight excluding hydrogens is 197 g/mol. The molecule has 1 fully saturated rings. The van der Waals surface area contributed by atoms with Gasteiger partial charge in [-0.15, -0.1) is 0 Å². The van der Waals surface area contributed by atoms with Crippen LogP contribution in [0.15, 0.2) is 18.2 Å². The summed E-state index contributed by atoms with van der Waals surface area (Å²) < 4.78 is 18.5. The number of nitrogens with one attached hydrogen (secondary N) is 1. The molecule has 0 saturated heterocycles. The maximum atomic E-state index is 13.0. The zero-order valence-electron chi connectivity index (χ0n) is 8.42. The van der Waals surface area contributed by atoms with Crippen LogP contribution in [-0.4, -0.2) is 19.1 Å². The third-order valence-electron chi connectivity index (χ3n) is 2.23. The lowest BCUT2D eigenvalue weighted by atomic mass is 10.2. The van der Waals surface area contributed by atoms with Gasteiger partial charge in [-0.3, -0.25) is 4.79 Å². The van der Waals surface area contributed by atoms with Gasteiger partial charge in [-0.1, -0.05) is 0 Å². The number of hydrogen-bond donors (Lipinski definition) is 1. The Bertz CT molecular complexity index is 388. The van der Waals surface area contributed by atoms with Crippen LogP contribution in [-0.2, 0) is 0 Å². The van der Waals surface area contributed by atoms with Gasteiger partial charge in [-0.25, -0.2) is 4.39 Å². The number of amides is 1. The molecule has 15 heavy (non-hydrogen) atoms. The molecule has 4 heteroatoms. The lowest BCUT2D eigenvalue weighted by Crippen LogP contribution is -2.19. The monoisotopic (exact) mass is 209 g/mol. The maximum absolute atomic E-state index is 13.0. The molecule has 1 aromatic carbocycles. The summed E-state index contributed by atoms with van der Waals surface area (Å²) in [5, 5.41) is 2.46. The van der Waals surface area contributed by atoms with Crippen LogP contribution in [0.2, 0.25) is 0 Å². The Labute approximate surface area is 87.2 Å². The summed E-state index contributed by atoms with van der Waals surface area (Å²) in [6.45, 7) is 0. The van der Waals surface area contributed by atoms with Gasteiger partial charge in [0.2, 0.25) is 0 Å². The minimum atomic E-state index is -0.434. The Morgan fingerprint density at radius 3 is 2.87 bits per heavy atom. The van der Waals surface area contributed by atoms with Crippen LogP contribution in [0.1, 0.15) is 23.2 Å². The van der Waals surface area contributed by atoms with Crippen molar-refractivity contribution in [2.45, 2.75) is 18.9 Å². The molecule has 1 amide bonds. The topological polar surface area (TPSA) is 38.3 Å². The van der Waals surface area contributed by atoms with Crippen LogP contribution in [0.4, 0.5) is 4.39 Å². The van der Waals surface area contributed by atoms with Crippen molar-refractivity contribution in [1.29, 1.82) is 0 Å². The van der Waals surface area contributed by atoms with Gasteiger partial charge < -0.3 is 10.1 Å². The molecule has 1 saturated carbocycles. The van der Waals surface area contributed by atoms with Gasteiger partial charge in [0.05, 0.1) is 11.7 Å². The molecule has 1 aromatic rings. The minimum Gasteiger partial charge on any atom is -0.490 e. The first-order chi connectivity index (χ1) is 7.20. The first-order valence-corrected chi connectivity index (χ1v) is 4.89. The van der Waals surface area contributed by atoms with E-state index in [1.165, 1.54) is 25.2 Å². The number of halogens is 1. The van der Waals surface area contributed by atoms with Crippen LogP contribution >= 0.6 is 0 Å². The molecule has 80 valence electrons. The second-order valence-corrected chi connectivity index (χ2v) is 3.54. The average Bonchev–Trinajstić information content (AvgIpc) is 3.03. The summed E-state index contributed by atoms with van der Waals surface area (Å²) in [5.41, 5.74) is 0.254. The standard InChI is InChI=1S/C11H12FNO2/c1-13-11(14)9-6-7(12)2-5-10(9)15-8-3-4-8/h2,5-6,8H,3-4H2,1H3,(H,13,14). The summed E-state index contributed by atoms with van der Waals surface area (Å²) in [5.74, 6) is -0.305. The van der Waals surface area contributed by atoms with Gasteiger partial charge >= 0.3 is 0 Å². The molecule has 0 aliphatic heterocycles. The van der Waals surface area contributed by atoms with E-state index in [9.17, 15) is 9.18 Å². The minimum absolute atomic E-state index is 0.193. The van der Waals surface area contributed by atoms with Crippen molar-refractivity contribution in [2.75, 3.05) is 7.05 Å². The van der Waals surface area contributed by atoms with Crippen LogP contribution in [0.5, 0.6) is 5.75 Å². The molecule has 1 aliphatic carbocycles. The molecule has 0 aromatic heterocycles. The maximum Gasteiger partial charge on any atom is 0.254 e. The molecule has 0 atom stereocenters. The van der Waals surface area contributed by atoms with Crippen molar-refractivity contribution in [3.05, 3.63) is 29.6 Å². The largest absolute Gasteiger partial charge is 0.490 e. The highest BCUT2D eigenvalue weighted by molar-refractivity contribution is 5.96. The van der Waals surface area contributed by atoms with Crippen LogP contribution < -0.4 is 10.1 Å². The van der Waals surface area contributed by atoms with Crippen LogP contribution in [0, 0.1) is 5.82 Å². The van der Waals surface area contributed by atoms with Gasteiger partial charge in [-0.2, -0.15) is 0 Å². The Balaban J connectivity index is 2.29. The third-order valence-corrected chi connectivity index (χ3v) is 2.23. The van der Waals surface area contributed by atoms with Crippen LogP contribution in [0.3, 0.4) is 0 Å². The van der Waals surface area contributed by atoms with E-state index in [4.69, 9.17) is 4.74 Å². The molecule has 3 nitrogen and oxygen atoms in total. The van der Waals surface area contributed by atoms with E-state index in [1.807, 2.05) is 0 Å². The Morgan fingerprint density at radius 1 is 1.53 bits per heavy atom. The summed E-state index contributed by atoms with van der Waals surface area (Å²) in [6, 6.07) is 3.99. The molecule has 0 bridgehead atoms. The summed E-state index contributed by atoms with van der Waals surface area (Å²) in [7, 11) is 1.51. The molecular formula is C11H12FNO2. The smallest absolute Gasteiger partial charge is 0.254 e. The third kappa shape index (κ3) is 2.26. The van der Waals surface area contributed by atoms with E-state index >= 15 is 0 Å². The normalized spacial score (nSPS) is 14.8. The summed E-state index contributed by atoms with van der Waals surface area (Å²) in [4.78, 5) is 11.4. The van der Waals surface area contributed by atoms with E-state index in [0.717, 1.165) is 12.8 Å². The first kappa shape index (κ1) is 9.96. The number of rotatable bonds is 3. The highest BCUT2D eigenvalue weighted by atomic mass is 19.1. The lowest BCUT2D eigenvalue weighted by molar-refractivity contribution is 0.0958. The van der Waals surface area contributed by atoms with E-state index < -0.39 is 5.82 Å². The average molecular weight is 209 g/mol. The van der Waals surface area contributed by atoms with Crippen molar-refractivity contribution in [2.24, 2.45) is 0 Å². The first-order valence-electron chi connectivity index (χ1n) is 4.89. The molecule has 0 radical (unpaired) electrons. The zero-order chi connectivity index (χ0) is 10.8. The second-order valence-electron chi connectivity index (χ2n) is 3.54. The molecule has 0 unspecified atom stereocenters. The fourth-order valence-electron chi connectivity index (χ4n) is 1.28. The Hall–Kier alpha value is -1.58. The Kier molecular flexibility index (Phi) is 2.58. The summed E-state index contributed by atoms with van der Waals surface area (Å²) in [6.07, 6.45) is 2.20. The van der Waals surface area contributed by atoms with Crippen molar-refractivity contribution < 1.29 is 13.9 Å². The Morgan fingerprint density at radius 2 is 2.27 bits per heavy atom. The van der Waals surface area contributed by atoms with Crippen molar-refractivity contribution in [3.8, 4) is 5.75 Å². The molecule has 0 heterocycles. The number of ether oxygens (including phenoxy) is 1. The molecule has 2 rings (SSSR count). The van der Waals surface area contributed by atoms with Gasteiger partial charge in [-0.05, 0) is 31.0 Å². The van der Waals surface area contributed by atoms with Gasteiger partial charge in [0.25, 0.3) is 5.91 Å². The number of hydrogen-bond acceptors (Lipinski definition) is 2. The van der Waals surface area contributed by atoms with E-state index in [1.54, 1.807) is 0 Å². The SMILES string of the molecule is CNC(=O)c1cc(F)ccc1OC1CC1. The van der Waals surface area contributed by atoms with Crippen molar-refractivity contribution in [3.63, 3.8) is 0 Å². The number of carbonyl (C=O) groups is 1. The zero-order valence-corrected chi connectivity index (χ0v) is 8.42. The number of benzene rings is 1. The predicted octanol–water partition coefficient (Wildman–Crippen LogP) is 1.73. The lowest BCUT2D eigenvalue weighted by Gasteiger charge is -2.09. The fraction of sp³-hybridized carbons (Fsp3) is 0.364. The van der Waals surface area contributed by atoms with Crippen molar-refractivity contribution >= 4 is 5.91 Å². The van der Waals surface area contributed by atoms with Gasteiger partial charge in [0.15, 0.2) is 0 Å². The second kappa shape index (κ2) is 3.88. The quantitative estimate of drug-likeness (QED) is 0.823. The predicted molar refractivity (Wildman–Crippen MR) is 53.4 cm³/mol. The molecule has 1 aliphatic rings. The molecule has 0 spiro atoms. The fourth-order valence-corrected chi connectivity index (χ4v) is 1.28. The van der Waals surface area contributed by atoms with E-state index in [2.05, 4.69) is 5.32 Å². The van der Waals surface area contributed by atoms with Crippen molar-refractivity contribution in [1.82, 2.24) is 5.32 Å². The summed E-state index contributed by atoms with van der Waals surface area (Å²) >= 11 is 0. The highest BCUT2D eigenvalue weighted by Gasteiger charge is 2.25. The van der Waals surface area contributed by atoms with Gasteiger partial charge in [0.1, 0.15) is 11.6 Å². The highest BCUT2D eigenvalue weighted by Crippen LogP contribution is 2.29. The van der Waals surface area contributed by atoms with Gasteiger partial charge in [0, 0.05) is 7.05 Å². The van der Waals surface area contributed by atoms with Crippen LogP contribution in [0.25, 0.3) is 0 Å². The van der Waals surface area contributed by atoms with E-state index in [0.29, 0.717) is 5.75 Å².